The first-order valence-electron chi connectivity index (χ1n) is 5.22. The molecule has 0 saturated heterocycles. The SMILES string of the molecule is CCOC(C)(OCC)Oc1ccccc1. The fraction of sp³-hybridized carbons (Fsp3) is 0.500. The lowest BCUT2D eigenvalue weighted by atomic mass is 10.3. The lowest BCUT2D eigenvalue weighted by molar-refractivity contribution is -0.328. The van der Waals surface area contributed by atoms with E-state index in [1.54, 1.807) is 6.92 Å². The van der Waals surface area contributed by atoms with Crippen LogP contribution in [-0.2, 0) is 9.47 Å². The molecule has 0 fully saturated rings. The smallest absolute Gasteiger partial charge is 0.323 e. The molecule has 3 heteroatoms. The first-order chi connectivity index (χ1) is 7.20. The summed E-state index contributed by atoms with van der Waals surface area (Å²) >= 11 is 0. The standard InChI is InChI=1S/C12H18O3/c1-4-13-12(3,14-5-2)15-11-9-7-6-8-10-11/h6-10H,4-5H2,1-3H3. The molecule has 15 heavy (non-hydrogen) atoms. The Morgan fingerprint density at radius 2 is 1.53 bits per heavy atom. The lowest BCUT2D eigenvalue weighted by Crippen LogP contribution is -2.39. The number of ether oxygens (including phenoxy) is 3. The normalized spacial score (nSPS) is 11.4. The summed E-state index contributed by atoms with van der Waals surface area (Å²) < 4.78 is 16.5. The average Bonchev–Trinajstić information content (AvgIpc) is 2.19. The first-order valence-corrected chi connectivity index (χ1v) is 5.22. The molecule has 1 rings (SSSR count). The largest absolute Gasteiger partial charge is 0.439 e. The highest BCUT2D eigenvalue weighted by Crippen LogP contribution is 2.20. The molecule has 3 nitrogen and oxygen atoms in total. The molecule has 0 bridgehead atoms. The van der Waals surface area contributed by atoms with Crippen molar-refractivity contribution >= 4 is 0 Å². The van der Waals surface area contributed by atoms with Crippen LogP contribution < -0.4 is 4.74 Å². The number of rotatable bonds is 6. The second-order valence-electron chi connectivity index (χ2n) is 3.14. The van der Waals surface area contributed by atoms with Gasteiger partial charge in [0.1, 0.15) is 5.75 Å². The highest BCUT2D eigenvalue weighted by molar-refractivity contribution is 5.21. The fourth-order valence-electron chi connectivity index (χ4n) is 1.33. The second kappa shape index (κ2) is 5.73. The lowest BCUT2D eigenvalue weighted by Gasteiger charge is -2.29. The van der Waals surface area contributed by atoms with Crippen molar-refractivity contribution in [1.82, 2.24) is 0 Å². The van der Waals surface area contributed by atoms with Gasteiger partial charge in [0.05, 0.1) is 13.2 Å². The molecule has 0 unspecified atom stereocenters. The van der Waals surface area contributed by atoms with E-state index in [2.05, 4.69) is 0 Å². The molecule has 1 aromatic carbocycles. The van der Waals surface area contributed by atoms with Gasteiger partial charge in [-0.15, -0.1) is 0 Å². The van der Waals surface area contributed by atoms with E-state index >= 15 is 0 Å². The van der Waals surface area contributed by atoms with Crippen LogP contribution in [0.4, 0.5) is 0 Å². The van der Waals surface area contributed by atoms with E-state index in [1.807, 2.05) is 44.2 Å². The van der Waals surface area contributed by atoms with Gasteiger partial charge in [-0.1, -0.05) is 18.2 Å². The zero-order valence-electron chi connectivity index (χ0n) is 9.53. The maximum absolute atomic E-state index is 5.64. The Balaban J connectivity index is 2.66. The van der Waals surface area contributed by atoms with E-state index < -0.39 is 5.97 Å². The highest BCUT2D eigenvalue weighted by Gasteiger charge is 2.27. The number of hydrogen-bond acceptors (Lipinski definition) is 3. The van der Waals surface area contributed by atoms with Crippen molar-refractivity contribution < 1.29 is 14.2 Å². The summed E-state index contributed by atoms with van der Waals surface area (Å²) in [5.41, 5.74) is 0. The predicted octanol–water partition coefficient (Wildman–Crippen LogP) is 2.81. The average molecular weight is 210 g/mol. The number of para-hydroxylation sites is 1. The Bertz CT molecular complexity index is 265. The molecule has 0 N–H and O–H groups in total. The third-order valence-electron chi connectivity index (χ3n) is 1.86. The van der Waals surface area contributed by atoms with Gasteiger partial charge >= 0.3 is 5.97 Å². The first kappa shape index (κ1) is 12.0. The van der Waals surface area contributed by atoms with Crippen LogP contribution in [-0.4, -0.2) is 19.2 Å². The van der Waals surface area contributed by atoms with Gasteiger partial charge in [-0.25, -0.2) is 0 Å². The monoisotopic (exact) mass is 210 g/mol. The molecule has 0 amide bonds. The van der Waals surface area contributed by atoms with Crippen LogP contribution in [0.15, 0.2) is 30.3 Å². The van der Waals surface area contributed by atoms with Crippen LogP contribution in [0.3, 0.4) is 0 Å². The van der Waals surface area contributed by atoms with E-state index in [9.17, 15) is 0 Å². The topological polar surface area (TPSA) is 27.7 Å². The maximum Gasteiger partial charge on any atom is 0.323 e. The zero-order chi connectivity index (χ0) is 11.1. The van der Waals surface area contributed by atoms with Gasteiger partial charge in [0.15, 0.2) is 0 Å². The molecule has 0 aliphatic heterocycles. The van der Waals surface area contributed by atoms with Gasteiger partial charge < -0.3 is 14.2 Å². The van der Waals surface area contributed by atoms with Gasteiger partial charge in [0.25, 0.3) is 0 Å². The quantitative estimate of drug-likeness (QED) is 0.676. The van der Waals surface area contributed by atoms with E-state index in [0.717, 1.165) is 5.75 Å². The van der Waals surface area contributed by atoms with E-state index in [-0.39, 0.29) is 0 Å². The molecule has 0 atom stereocenters. The molecule has 0 spiro atoms. The second-order valence-corrected chi connectivity index (χ2v) is 3.14. The summed E-state index contributed by atoms with van der Waals surface area (Å²) in [6, 6.07) is 9.50. The zero-order valence-corrected chi connectivity index (χ0v) is 9.53. The molecule has 84 valence electrons. The Morgan fingerprint density at radius 1 is 1.00 bits per heavy atom. The van der Waals surface area contributed by atoms with E-state index in [4.69, 9.17) is 14.2 Å². The summed E-state index contributed by atoms with van der Waals surface area (Å²) in [6.07, 6.45) is 0. The number of hydrogen-bond donors (Lipinski definition) is 0. The molecular formula is C12H18O3. The van der Waals surface area contributed by atoms with Gasteiger partial charge in [-0.05, 0) is 26.0 Å². The van der Waals surface area contributed by atoms with Crippen LogP contribution in [0.25, 0.3) is 0 Å². The Morgan fingerprint density at radius 3 is 2.00 bits per heavy atom. The minimum atomic E-state index is -0.995. The molecule has 0 aliphatic rings. The molecule has 1 aromatic rings. The Hall–Kier alpha value is -1.06. The minimum absolute atomic E-state index is 0.545. The molecule has 0 aromatic heterocycles. The number of benzene rings is 1. The molecule has 0 radical (unpaired) electrons. The fourth-order valence-corrected chi connectivity index (χ4v) is 1.33. The maximum atomic E-state index is 5.64. The third-order valence-corrected chi connectivity index (χ3v) is 1.86. The highest BCUT2D eigenvalue weighted by atomic mass is 16.9. The van der Waals surface area contributed by atoms with Crippen molar-refractivity contribution in [3.05, 3.63) is 30.3 Å². The Kier molecular flexibility index (Phi) is 4.59. The van der Waals surface area contributed by atoms with Gasteiger partial charge in [0.2, 0.25) is 0 Å². The summed E-state index contributed by atoms with van der Waals surface area (Å²) in [6.45, 7) is 6.68. The summed E-state index contributed by atoms with van der Waals surface area (Å²) in [7, 11) is 0. The summed E-state index contributed by atoms with van der Waals surface area (Å²) in [4.78, 5) is 0. The van der Waals surface area contributed by atoms with Gasteiger partial charge in [-0.3, -0.25) is 0 Å². The Labute approximate surface area is 91.0 Å². The van der Waals surface area contributed by atoms with Gasteiger partial charge in [-0.2, -0.15) is 0 Å². The van der Waals surface area contributed by atoms with Crippen LogP contribution in [0.5, 0.6) is 5.75 Å². The van der Waals surface area contributed by atoms with Crippen molar-refractivity contribution in [3.63, 3.8) is 0 Å². The van der Waals surface area contributed by atoms with Crippen LogP contribution >= 0.6 is 0 Å². The van der Waals surface area contributed by atoms with Crippen LogP contribution in [0.1, 0.15) is 20.8 Å². The van der Waals surface area contributed by atoms with E-state index in [0.29, 0.717) is 13.2 Å². The van der Waals surface area contributed by atoms with E-state index in [1.165, 1.54) is 0 Å². The van der Waals surface area contributed by atoms with Crippen molar-refractivity contribution in [1.29, 1.82) is 0 Å². The minimum Gasteiger partial charge on any atom is -0.439 e. The van der Waals surface area contributed by atoms with Crippen molar-refractivity contribution in [2.45, 2.75) is 26.7 Å². The summed E-state index contributed by atoms with van der Waals surface area (Å²) in [5, 5.41) is 0. The molecule has 0 heterocycles. The van der Waals surface area contributed by atoms with Crippen molar-refractivity contribution in [2.24, 2.45) is 0 Å². The molecular weight excluding hydrogens is 192 g/mol. The van der Waals surface area contributed by atoms with Crippen molar-refractivity contribution in [3.8, 4) is 5.75 Å². The molecule has 0 saturated carbocycles. The predicted molar refractivity (Wildman–Crippen MR) is 58.7 cm³/mol. The molecule has 0 aliphatic carbocycles. The van der Waals surface area contributed by atoms with Crippen LogP contribution in [0, 0.1) is 0 Å². The van der Waals surface area contributed by atoms with Crippen LogP contribution in [0.2, 0.25) is 0 Å². The third kappa shape index (κ3) is 3.90. The van der Waals surface area contributed by atoms with Gasteiger partial charge in [0, 0.05) is 6.92 Å². The summed E-state index contributed by atoms with van der Waals surface area (Å²) in [5.74, 6) is -0.257. The van der Waals surface area contributed by atoms with Crippen molar-refractivity contribution in [2.75, 3.05) is 13.2 Å².